The van der Waals surface area contributed by atoms with E-state index in [1.807, 2.05) is 34.0 Å². The van der Waals surface area contributed by atoms with Crippen LogP contribution in [0, 0.1) is 13.8 Å². The summed E-state index contributed by atoms with van der Waals surface area (Å²) in [7, 11) is 4.09. The number of ketones is 1. The van der Waals surface area contributed by atoms with Crippen molar-refractivity contribution in [2.45, 2.75) is 13.8 Å². The van der Waals surface area contributed by atoms with E-state index >= 15 is 0 Å². The summed E-state index contributed by atoms with van der Waals surface area (Å²) in [6, 6.07) is 1.93. The minimum Gasteiger partial charge on any atom is -0.362 e. The fraction of sp³-hybridized carbons (Fsp3) is 0.583. The Morgan fingerprint density at radius 3 is 2.62 bits per heavy atom. The van der Waals surface area contributed by atoms with Crippen LogP contribution in [0.2, 0.25) is 0 Å². The van der Waals surface area contributed by atoms with Crippen LogP contribution in [0.25, 0.3) is 0 Å². The lowest BCUT2D eigenvalue weighted by Crippen LogP contribution is -2.15. The van der Waals surface area contributed by atoms with Crippen molar-refractivity contribution in [3.8, 4) is 0 Å². The maximum absolute atomic E-state index is 11.9. The number of nitrogens with zero attached hydrogens (tertiary/aromatic N) is 1. The van der Waals surface area contributed by atoms with Gasteiger partial charge in [-0.2, -0.15) is 11.8 Å². The molecule has 1 heterocycles. The zero-order valence-electron chi connectivity index (χ0n) is 10.5. The van der Waals surface area contributed by atoms with Crippen LogP contribution in [0.5, 0.6) is 0 Å². The molecular weight excluding hydrogens is 220 g/mol. The molecule has 0 radical (unpaired) electrons. The smallest absolute Gasteiger partial charge is 0.174 e. The van der Waals surface area contributed by atoms with Gasteiger partial charge in [0, 0.05) is 29.2 Å². The molecule has 1 aromatic rings. The number of hydrogen-bond donors (Lipinski definition) is 1. The quantitative estimate of drug-likeness (QED) is 0.611. The third-order valence-corrected chi connectivity index (χ3v) is 3.30. The first-order valence-corrected chi connectivity index (χ1v) is 6.58. The molecule has 90 valence electrons. The molecule has 0 bridgehead atoms. The van der Waals surface area contributed by atoms with Gasteiger partial charge in [0.05, 0.1) is 5.75 Å². The lowest BCUT2D eigenvalue weighted by Gasteiger charge is -2.08. The number of carbonyl (C=O) groups is 1. The monoisotopic (exact) mass is 240 g/mol. The number of aryl methyl sites for hydroxylation is 2. The SMILES string of the molecule is Cc1cc(C(=O)CSCCN(C)C)c(C)[nH]1. The van der Waals surface area contributed by atoms with Gasteiger partial charge in [0.1, 0.15) is 0 Å². The second kappa shape index (κ2) is 6.11. The number of rotatable bonds is 6. The number of hydrogen-bond acceptors (Lipinski definition) is 3. The summed E-state index contributed by atoms with van der Waals surface area (Å²) in [5.74, 6) is 1.80. The van der Waals surface area contributed by atoms with Gasteiger partial charge in [-0.05, 0) is 34.0 Å². The first-order valence-electron chi connectivity index (χ1n) is 5.42. The Morgan fingerprint density at radius 1 is 1.44 bits per heavy atom. The molecule has 0 aliphatic rings. The van der Waals surface area contributed by atoms with E-state index in [-0.39, 0.29) is 5.78 Å². The number of thioether (sulfide) groups is 1. The van der Waals surface area contributed by atoms with Crippen LogP contribution < -0.4 is 0 Å². The summed E-state index contributed by atoms with van der Waals surface area (Å²) >= 11 is 1.70. The van der Waals surface area contributed by atoms with Crippen LogP contribution in [-0.4, -0.2) is 47.8 Å². The molecule has 0 aliphatic heterocycles. The van der Waals surface area contributed by atoms with Crippen molar-refractivity contribution in [1.29, 1.82) is 0 Å². The van der Waals surface area contributed by atoms with E-state index in [1.54, 1.807) is 11.8 Å². The van der Waals surface area contributed by atoms with E-state index in [0.717, 1.165) is 29.2 Å². The molecule has 0 saturated heterocycles. The third kappa shape index (κ3) is 4.02. The van der Waals surface area contributed by atoms with Crippen LogP contribution in [0.15, 0.2) is 6.07 Å². The predicted octanol–water partition coefficient (Wildman–Crippen LogP) is 2.11. The molecule has 3 nitrogen and oxygen atoms in total. The average Bonchev–Trinajstić information content (AvgIpc) is 2.52. The molecule has 0 spiro atoms. The highest BCUT2D eigenvalue weighted by Gasteiger charge is 2.11. The van der Waals surface area contributed by atoms with E-state index in [9.17, 15) is 4.79 Å². The highest BCUT2D eigenvalue weighted by Crippen LogP contribution is 2.13. The molecular formula is C12H20N2OS. The van der Waals surface area contributed by atoms with Crippen molar-refractivity contribution >= 4 is 17.5 Å². The van der Waals surface area contributed by atoms with Gasteiger partial charge < -0.3 is 9.88 Å². The lowest BCUT2D eigenvalue weighted by molar-refractivity contribution is 0.102. The van der Waals surface area contributed by atoms with Crippen molar-refractivity contribution in [2.75, 3.05) is 32.1 Å². The zero-order chi connectivity index (χ0) is 12.1. The first-order chi connectivity index (χ1) is 7.50. The largest absolute Gasteiger partial charge is 0.362 e. The van der Waals surface area contributed by atoms with E-state index in [0.29, 0.717) is 5.75 Å². The van der Waals surface area contributed by atoms with Crippen molar-refractivity contribution in [1.82, 2.24) is 9.88 Å². The highest BCUT2D eigenvalue weighted by molar-refractivity contribution is 8.00. The van der Waals surface area contributed by atoms with Crippen molar-refractivity contribution in [3.05, 3.63) is 23.0 Å². The number of aromatic amines is 1. The van der Waals surface area contributed by atoms with Gasteiger partial charge in [-0.1, -0.05) is 0 Å². The van der Waals surface area contributed by atoms with Crippen LogP contribution >= 0.6 is 11.8 Å². The lowest BCUT2D eigenvalue weighted by atomic mass is 10.2. The van der Waals surface area contributed by atoms with Gasteiger partial charge in [-0.3, -0.25) is 4.79 Å². The molecule has 1 aromatic heterocycles. The fourth-order valence-corrected chi connectivity index (χ4v) is 2.48. The van der Waals surface area contributed by atoms with E-state index < -0.39 is 0 Å². The molecule has 0 aromatic carbocycles. The standard InChI is InChI=1S/C12H20N2OS/c1-9-7-11(10(2)13-9)12(15)8-16-6-5-14(3)4/h7,13H,5-6,8H2,1-4H3. The Balaban J connectivity index is 2.38. The van der Waals surface area contributed by atoms with Gasteiger partial charge in [0.15, 0.2) is 5.78 Å². The highest BCUT2D eigenvalue weighted by atomic mass is 32.2. The molecule has 0 unspecified atom stereocenters. The molecule has 1 N–H and O–H groups in total. The summed E-state index contributed by atoms with van der Waals surface area (Å²) in [6.07, 6.45) is 0. The van der Waals surface area contributed by atoms with E-state index in [4.69, 9.17) is 0 Å². The molecule has 4 heteroatoms. The van der Waals surface area contributed by atoms with Crippen molar-refractivity contribution in [2.24, 2.45) is 0 Å². The second-order valence-electron chi connectivity index (χ2n) is 4.27. The fourth-order valence-electron chi connectivity index (χ4n) is 1.50. The maximum atomic E-state index is 11.9. The number of H-pyrrole nitrogens is 1. The normalized spacial score (nSPS) is 11.1. The molecule has 1 rings (SSSR count). The van der Waals surface area contributed by atoms with Gasteiger partial charge >= 0.3 is 0 Å². The summed E-state index contributed by atoms with van der Waals surface area (Å²) in [5, 5.41) is 0. The number of carbonyl (C=O) groups excluding carboxylic acids is 1. The minimum absolute atomic E-state index is 0.227. The van der Waals surface area contributed by atoms with Gasteiger partial charge in [0.25, 0.3) is 0 Å². The maximum Gasteiger partial charge on any atom is 0.174 e. The minimum atomic E-state index is 0.227. The summed E-state index contributed by atoms with van der Waals surface area (Å²) in [4.78, 5) is 17.2. The number of Topliss-reactive ketones (excluding diaryl/α,β-unsaturated/α-hetero) is 1. The zero-order valence-corrected chi connectivity index (χ0v) is 11.3. The Morgan fingerprint density at radius 2 is 2.12 bits per heavy atom. The molecule has 0 fully saturated rings. The Labute approximate surface area is 102 Å². The summed E-state index contributed by atoms with van der Waals surface area (Å²) in [5.41, 5.74) is 2.88. The molecule has 0 aliphatic carbocycles. The number of aromatic nitrogens is 1. The van der Waals surface area contributed by atoms with Crippen molar-refractivity contribution < 1.29 is 4.79 Å². The van der Waals surface area contributed by atoms with Crippen LogP contribution in [0.4, 0.5) is 0 Å². The second-order valence-corrected chi connectivity index (χ2v) is 5.38. The van der Waals surface area contributed by atoms with Gasteiger partial charge in [0.2, 0.25) is 0 Å². The Kier molecular flexibility index (Phi) is 5.09. The average molecular weight is 240 g/mol. The van der Waals surface area contributed by atoms with E-state index in [2.05, 4.69) is 9.88 Å². The van der Waals surface area contributed by atoms with Crippen LogP contribution in [0.3, 0.4) is 0 Å². The van der Waals surface area contributed by atoms with Gasteiger partial charge in [-0.15, -0.1) is 0 Å². The Hall–Kier alpha value is -0.740. The number of nitrogens with one attached hydrogen (secondary N) is 1. The Bertz CT molecular complexity index is 358. The molecule has 0 amide bonds. The molecule has 0 atom stereocenters. The van der Waals surface area contributed by atoms with Crippen molar-refractivity contribution in [3.63, 3.8) is 0 Å². The topological polar surface area (TPSA) is 36.1 Å². The van der Waals surface area contributed by atoms with Gasteiger partial charge in [-0.25, -0.2) is 0 Å². The van der Waals surface area contributed by atoms with E-state index in [1.165, 1.54) is 0 Å². The molecule has 0 saturated carbocycles. The summed E-state index contributed by atoms with van der Waals surface area (Å²) < 4.78 is 0. The predicted molar refractivity (Wildman–Crippen MR) is 70.5 cm³/mol. The third-order valence-electron chi connectivity index (χ3n) is 2.37. The molecule has 16 heavy (non-hydrogen) atoms. The van der Waals surface area contributed by atoms with Crippen LogP contribution in [-0.2, 0) is 0 Å². The van der Waals surface area contributed by atoms with Crippen LogP contribution in [0.1, 0.15) is 21.7 Å². The first kappa shape index (κ1) is 13.3. The summed E-state index contributed by atoms with van der Waals surface area (Å²) in [6.45, 7) is 4.94.